The number of benzene rings is 1. The van der Waals surface area contributed by atoms with Gasteiger partial charge in [-0.1, -0.05) is 6.07 Å². The van der Waals surface area contributed by atoms with Crippen LogP contribution in [0.5, 0.6) is 11.5 Å². The van der Waals surface area contributed by atoms with E-state index in [4.69, 9.17) is 9.47 Å². The van der Waals surface area contributed by atoms with Gasteiger partial charge in [0.15, 0.2) is 0 Å². The van der Waals surface area contributed by atoms with E-state index in [1.807, 2.05) is 29.2 Å². The first-order valence-corrected chi connectivity index (χ1v) is 9.16. The molecule has 1 aromatic carbocycles. The molecule has 0 N–H and O–H groups in total. The molecule has 0 aliphatic carbocycles. The first-order valence-electron chi connectivity index (χ1n) is 9.16. The highest BCUT2D eigenvalue weighted by atomic mass is 16.5. The van der Waals surface area contributed by atoms with Crippen molar-refractivity contribution in [3.8, 4) is 11.5 Å². The highest BCUT2D eigenvalue weighted by Gasteiger charge is 2.22. The molecule has 0 saturated heterocycles. The second-order valence-corrected chi connectivity index (χ2v) is 6.63. The number of hydrogen-bond donors (Lipinski definition) is 0. The minimum atomic E-state index is 0.00695. The van der Waals surface area contributed by atoms with Crippen LogP contribution in [0.3, 0.4) is 0 Å². The summed E-state index contributed by atoms with van der Waals surface area (Å²) < 4.78 is 11.0. The molecule has 1 amide bonds. The fourth-order valence-corrected chi connectivity index (χ4v) is 3.24. The highest BCUT2D eigenvalue weighted by Crippen LogP contribution is 2.25. The number of methoxy groups -OCH3 is 1. The Hall–Kier alpha value is -3.41. The molecule has 0 radical (unpaired) electrons. The van der Waals surface area contributed by atoms with Gasteiger partial charge in [0.05, 0.1) is 24.6 Å². The predicted octanol–water partition coefficient (Wildman–Crippen LogP) is 3.26. The Bertz CT molecular complexity index is 959. The SMILES string of the molecule is COc1ccc(COc2ccc3c(c2)CN(C(=O)c2cccnc2)CC3)nc1. The van der Waals surface area contributed by atoms with Crippen LogP contribution in [0, 0.1) is 0 Å². The maximum Gasteiger partial charge on any atom is 0.255 e. The average molecular weight is 375 g/mol. The van der Waals surface area contributed by atoms with E-state index in [1.165, 1.54) is 5.56 Å². The molecule has 1 aliphatic heterocycles. The minimum Gasteiger partial charge on any atom is -0.495 e. The molecule has 0 bridgehead atoms. The Balaban J connectivity index is 1.43. The molecule has 3 heterocycles. The smallest absolute Gasteiger partial charge is 0.255 e. The van der Waals surface area contributed by atoms with E-state index in [-0.39, 0.29) is 5.91 Å². The van der Waals surface area contributed by atoms with Gasteiger partial charge in [0.2, 0.25) is 0 Å². The van der Waals surface area contributed by atoms with Crippen molar-refractivity contribution in [2.24, 2.45) is 0 Å². The number of rotatable bonds is 5. The van der Waals surface area contributed by atoms with Crippen molar-refractivity contribution in [2.75, 3.05) is 13.7 Å². The van der Waals surface area contributed by atoms with Crippen molar-refractivity contribution in [1.82, 2.24) is 14.9 Å². The molecule has 4 rings (SSSR count). The number of fused-ring (bicyclic) bond motifs is 1. The zero-order valence-corrected chi connectivity index (χ0v) is 15.7. The molecule has 0 spiro atoms. The molecule has 0 saturated carbocycles. The van der Waals surface area contributed by atoms with Crippen molar-refractivity contribution in [1.29, 1.82) is 0 Å². The van der Waals surface area contributed by atoms with Crippen LogP contribution in [0.15, 0.2) is 61.1 Å². The monoisotopic (exact) mass is 375 g/mol. The lowest BCUT2D eigenvalue weighted by Crippen LogP contribution is -2.36. The molecule has 6 heteroatoms. The number of amides is 1. The standard InChI is InChI=1S/C22H21N3O3/c1-27-21-7-5-19(24-13-21)15-28-20-6-4-16-8-10-25(14-18(16)11-20)22(26)17-3-2-9-23-12-17/h2-7,9,11-13H,8,10,14-15H2,1H3. The van der Waals surface area contributed by atoms with Gasteiger partial charge >= 0.3 is 0 Å². The fraction of sp³-hybridized carbons (Fsp3) is 0.227. The summed E-state index contributed by atoms with van der Waals surface area (Å²) in [4.78, 5) is 22.9. The van der Waals surface area contributed by atoms with E-state index in [0.717, 1.165) is 29.2 Å². The minimum absolute atomic E-state index is 0.00695. The summed E-state index contributed by atoms with van der Waals surface area (Å²) in [5, 5.41) is 0. The van der Waals surface area contributed by atoms with Crippen molar-refractivity contribution in [3.05, 3.63) is 83.4 Å². The second kappa shape index (κ2) is 8.08. The summed E-state index contributed by atoms with van der Waals surface area (Å²) in [6.45, 7) is 1.65. The number of pyridine rings is 2. The maximum absolute atomic E-state index is 12.7. The first kappa shape index (κ1) is 18.0. The molecule has 142 valence electrons. The van der Waals surface area contributed by atoms with Crippen LogP contribution < -0.4 is 9.47 Å². The van der Waals surface area contributed by atoms with Gasteiger partial charge in [0.25, 0.3) is 5.91 Å². The van der Waals surface area contributed by atoms with Crippen LogP contribution in [0.1, 0.15) is 27.2 Å². The maximum atomic E-state index is 12.7. The second-order valence-electron chi connectivity index (χ2n) is 6.63. The van der Waals surface area contributed by atoms with Gasteiger partial charge in [-0.15, -0.1) is 0 Å². The molecule has 0 fully saturated rings. The molecular weight excluding hydrogens is 354 g/mol. The lowest BCUT2D eigenvalue weighted by molar-refractivity contribution is 0.0734. The molecule has 2 aromatic heterocycles. The van der Waals surface area contributed by atoms with E-state index in [0.29, 0.717) is 25.3 Å². The Labute approximate surface area is 163 Å². The number of aromatic nitrogens is 2. The number of ether oxygens (including phenoxy) is 2. The Morgan fingerprint density at radius 1 is 1.11 bits per heavy atom. The number of carbonyl (C=O) groups is 1. The van der Waals surface area contributed by atoms with Crippen molar-refractivity contribution in [2.45, 2.75) is 19.6 Å². The number of nitrogens with zero attached hydrogens (tertiary/aromatic N) is 3. The van der Waals surface area contributed by atoms with E-state index in [9.17, 15) is 4.79 Å². The lowest BCUT2D eigenvalue weighted by atomic mass is 9.99. The molecule has 0 atom stereocenters. The summed E-state index contributed by atoms with van der Waals surface area (Å²) in [6, 6.07) is 13.4. The van der Waals surface area contributed by atoms with Crippen LogP contribution in [0.2, 0.25) is 0 Å². The first-order chi connectivity index (χ1) is 13.7. The third-order valence-corrected chi connectivity index (χ3v) is 4.81. The van der Waals surface area contributed by atoms with Gasteiger partial charge in [-0.25, -0.2) is 0 Å². The Kier molecular flexibility index (Phi) is 5.19. The lowest BCUT2D eigenvalue weighted by Gasteiger charge is -2.29. The topological polar surface area (TPSA) is 64.6 Å². The largest absolute Gasteiger partial charge is 0.495 e. The molecular formula is C22H21N3O3. The van der Waals surface area contributed by atoms with Gasteiger partial charge in [0, 0.05) is 25.5 Å². The van der Waals surface area contributed by atoms with Crippen LogP contribution >= 0.6 is 0 Å². The van der Waals surface area contributed by atoms with Crippen LogP contribution in [-0.2, 0) is 19.6 Å². The van der Waals surface area contributed by atoms with Gasteiger partial charge in [-0.2, -0.15) is 0 Å². The van der Waals surface area contributed by atoms with Gasteiger partial charge < -0.3 is 14.4 Å². The van der Waals surface area contributed by atoms with Crippen LogP contribution in [0.4, 0.5) is 0 Å². The van der Waals surface area contributed by atoms with Gasteiger partial charge in [-0.3, -0.25) is 14.8 Å². The Morgan fingerprint density at radius 2 is 2.00 bits per heavy atom. The number of carbonyl (C=O) groups excluding carboxylic acids is 1. The Morgan fingerprint density at radius 3 is 2.75 bits per heavy atom. The number of hydrogen-bond acceptors (Lipinski definition) is 5. The third-order valence-electron chi connectivity index (χ3n) is 4.81. The molecule has 0 unspecified atom stereocenters. The van der Waals surface area contributed by atoms with E-state index in [2.05, 4.69) is 16.0 Å². The molecule has 3 aromatic rings. The average Bonchev–Trinajstić information content (AvgIpc) is 2.77. The third kappa shape index (κ3) is 3.96. The summed E-state index contributed by atoms with van der Waals surface area (Å²) >= 11 is 0. The fourth-order valence-electron chi connectivity index (χ4n) is 3.24. The van der Waals surface area contributed by atoms with E-state index < -0.39 is 0 Å². The predicted molar refractivity (Wildman–Crippen MR) is 104 cm³/mol. The zero-order chi connectivity index (χ0) is 19.3. The summed E-state index contributed by atoms with van der Waals surface area (Å²) in [5.41, 5.74) is 3.81. The van der Waals surface area contributed by atoms with Crippen molar-refractivity contribution >= 4 is 5.91 Å². The summed E-state index contributed by atoms with van der Waals surface area (Å²) in [5.74, 6) is 1.50. The van der Waals surface area contributed by atoms with E-state index >= 15 is 0 Å². The van der Waals surface area contributed by atoms with Gasteiger partial charge in [-0.05, 0) is 53.9 Å². The highest BCUT2D eigenvalue weighted by molar-refractivity contribution is 5.94. The van der Waals surface area contributed by atoms with Crippen molar-refractivity contribution < 1.29 is 14.3 Å². The van der Waals surface area contributed by atoms with Crippen LogP contribution in [-0.4, -0.2) is 34.4 Å². The quantitative estimate of drug-likeness (QED) is 0.685. The van der Waals surface area contributed by atoms with Gasteiger partial charge in [0.1, 0.15) is 18.1 Å². The molecule has 6 nitrogen and oxygen atoms in total. The summed E-state index contributed by atoms with van der Waals surface area (Å²) in [7, 11) is 1.61. The van der Waals surface area contributed by atoms with Crippen molar-refractivity contribution in [3.63, 3.8) is 0 Å². The van der Waals surface area contributed by atoms with Crippen LogP contribution in [0.25, 0.3) is 0 Å². The zero-order valence-electron chi connectivity index (χ0n) is 15.7. The normalized spacial score (nSPS) is 13.0. The van der Waals surface area contributed by atoms with E-state index in [1.54, 1.807) is 37.8 Å². The summed E-state index contributed by atoms with van der Waals surface area (Å²) in [6.07, 6.45) is 5.79. The molecule has 28 heavy (non-hydrogen) atoms. The molecule has 1 aliphatic rings.